The van der Waals surface area contributed by atoms with Crippen LogP contribution in [0.4, 0.5) is 35.4 Å². The highest BCUT2D eigenvalue weighted by Crippen LogP contribution is 2.31. The number of carbonyl (C=O) groups excluding carboxylic acids is 2. The first-order valence-electron chi connectivity index (χ1n) is 8.71. The Hall–Kier alpha value is -3.20. The molecule has 7 nitrogen and oxygen atoms in total. The summed E-state index contributed by atoms with van der Waals surface area (Å²) in [7, 11) is 0. The highest BCUT2D eigenvalue weighted by Gasteiger charge is 2.34. The van der Waals surface area contributed by atoms with Gasteiger partial charge < -0.3 is 9.84 Å². The number of ether oxygens (including phenoxy) is 1. The van der Waals surface area contributed by atoms with Crippen molar-refractivity contribution in [2.45, 2.75) is 6.10 Å². The minimum atomic E-state index is -0.661. The molecule has 1 atom stereocenters. The third-order valence-electron chi connectivity index (χ3n) is 4.76. The molecule has 2 heterocycles. The molecular formula is C19H17F2N3O4. The molecule has 0 spiro atoms. The maximum Gasteiger partial charge on any atom is 0.414 e. The summed E-state index contributed by atoms with van der Waals surface area (Å²) in [5.41, 5.74) is 0.898. The molecule has 9 heteroatoms. The Balaban J connectivity index is 1.54. The Labute approximate surface area is 159 Å². The normalized spacial score (nSPS) is 19.5. The van der Waals surface area contributed by atoms with Gasteiger partial charge in [0.15, 0.2) is 0 Å². The van der Waals surface area contributed by atoms with Gasteiger partial charge in [0.1, 0.15) is 17.7 Å². The van der Waals surface area contributed by atoms with Gasteiger partial charge in [-0.3, -0.25) is 14.7 Å². The number of carbonyl (C=O) groups is 2. The van der Waals surface area contributed by atoms with E-state index in [-0.39, 0.29) is 31.1 Å². The lowest BCUT2D eigenvalue weighted by Crippen LogP contribution is -2.32. The van der Waals surface area contributed by atoms with E-state index in [4.69, 9.17) is 9.84 Å². The van der Waals surface area contributed by atoms with Gasteiger partial charge in [-0.05, 0) is 42.5 Å². The predicted octanol–water partition coefficient (Wildman–Crippen LogP) is 2.73. The van der Waals surface area contributed by atoms with Gasteiger partial charge in [-0.15, -0.1) is 0 Å². The number of hydrogen-bond acceptors (Lipinski definition) is 4. The lowest BCUT2D eigenvalue weighted by molar-refractivity contribution is 0.0963. The van der Waals surface area contributed by atoms with E-state index in [9.17, 15) is 18.4 Å². The lowest BCUT2D eigenvalue weighted by atomic mass is 10.2. The first kappa shape index (κ1) is 18.2. The van der Waals surface area contributed by atoms with E-state index in [1.54, 1.807) is 0 Å². The molecule has 2 aliphatic rings. The molecule has 0 aromatic heterocycles. The molecule has 2 aliphatic heterocycles. The Morgan fingerprint density at radius 1 is 0.964 bits per heavy atom. The smallest absolute Gasteiger partial charge is 0.414 e. The van der Waals surface area contributed by atoms with Gasteiger partial charge in [0, 0.05) is 18.8 Å². The van der Waals surface area contributed by atoms with Gasteiger partial charge in [0.2, 0.25) is 0 Å². The zero-order valence-corrected chi connectivity index (χ0v) is 14.7. The average Bonchev–Trinajstić information content (AvgIpc) is 3.25. The van der Waals surface area contributed by atoms with Gasteiger partial charge in [-0.25, -0.2) is 18.4 Å². The van der Waals surface area contributed by atoms with Crippen LogP contribution in [0, 0.1) is 11.6 Å². The van der Waals surface area contributed by atoms with Crippen molar-refractivity contribution in [3.05, 3.63) is 54.1 Å². The van der Waals surface area contributed by atoms with Crippen LogP contribution in [0.3, 0.4) is 0 Å². The number of urea groups is 1. The number of hydrogen-bond donors (Lipinski definition) is 1. The topological polar surface area (TPSA) is 73.3 Å². The van der Waals surface area contributed by atoms with Crippen molar-refractivity contribution in [3.8, 4) is 0 Å². The zero-order chi connectivity index (χ0) is 19.8. The number of rotatable bonds is 4. The van der Waals surface area contributed by atoms with Crippen molar-refractivity contribution < 1.29 is 28.2 Å². The summed E-state index contributed by atoms with van der Waals surface area (Å²) in [6.07, 6.45) is -1.31. The second kappa shape index (κ2) is 7.08. The molecule has 2 saturated heterocycles. The van der Waals surface area contributed by atoms with Crippen LogP contribution in [-0.4, -0.2) is 49.6 Å². The summed E-state index contributed by atoms with van der Waals surface area (Å²) < 4.78 is 32.8. The first-order chi connectivity index (χ1) is 13.5. The Morgan fingerprint density at radius 3 is 2.29 bits per heavy atom. The van der Waals surface area contributed by atoms with Crippen LogP contribution in [0.1, 0.15) is 0 Å². The van der Waals surface area contributed by atoms with Crippen molar-refractivity contribution >= 4 is 29.2 Å². The fraction of sp³-hybridized carbons (Fsp3) is 0.263. The molecule has 1 N–H and O–H groups in total. The molecule has 0 unspecified atom stereocenters. The van der Waals surface area contributed by atoms with E-state index in [2.05, 4.69) is 0 Å². The number of nitrogens with zero attached hydrogens (tertiary/aromatic N) is 3. The number of amides is 3. The van der Waals surface area contributed by atoms with Crippen molar-refractivity contribution in [3.63, 3.8) is 0 Å². The third kappa shape index (κ3) is 3.13. The second-order valence-corrected chi connectivity index (χ2v) is 6.50. The summed E-state index contributed by atoms with van der Waals surface area (Å²) in [6, 6.07) is 9.19. The van der Waals surface area contributed by atoms with Gasteiger partial charge in [-0.2, -0.15) is 0 Å². The van der Waals surface area contributed by atoms with Crippen LogP contribution >= 0.6 is 0 Å². The Bertz CT molecular complexity index is 922. The quantitative estimate of drug-likeness (QED) is 0.873. The molecular weight excluding hydrogens is 372 g/mol. The summed E-state index contributed by atoms with van der Waals surface area (Å²) in [4.78, 5) is 28.5. The maximum absolute atomic E-state index is 14.7. The van der Waals surface area contributed by atoms with E-state index >= 15 is 0 Å². The SMILES string of the molecule is O=C1O[C@@H](CO)CN1c1ccc(N2CCN(c3ccc(F)cc3)C2=O)c(F)c1. The number of halogens is 2. The van der Waals surface area contributed by atoms with Crippen LogP contribution in [0.5, 0.6) is 0 Å². The average molecular weight is 389 g/mol. The van der Waals surface area contributed by atoms with Crippen molar-refractivity contribution in [1.82, 2.24) is 0 Å². The summed E-state index contributed by atoms with van der Waals surface area (Å²) in [5, 5.41) is 9.11. The largest absolute Gasteiger partial charge is 0.441 e. The van der Waals surface area contributed by atoms with Crippen LogP contribution in [0.2, 0.25) is 0 Å². The number of aliphatic hydroxyl groups excluding tert-OH is 1. The van der Waals surface area contributed by atoms with Gasteiger partial charge >= 0.3 is 12.1 Å². The predicted molar refractivity (Wildman–Crippen MR) is 97.6 cm³/mol. The first-order valence-corrected chi connectivity index (χ1v) is 8.71. The minimum absolute atomic E-state index is 0.0876. The van der Waals surface area contributed by atoms with Crippen molar-refractivity contribution in [2.75, 3.05) is 40.9 Å². The van der Waals surface area contributed by atoms with Gasteiger partial charge in [0.25, 0.3) is 0 Å². The highest BCUT2D eigenvalue weighted by molar-refractivity contribution is 6.06. The van der Waals surface area contributed by atoms with Crippen LogP contribution in [-0.2, 0) is 4.74 Å². The van der Waals surface area contributed by atoms with Crippen LogP contribution < -0.4 is 14.7 Å². The third-order valence-corrected chi connectivity index (χ3v) is 4.76. The molecule has 2 aromatic carbocycles. The molecule has 3 amide bonds. The van der Waals surface area contributed by atoms with E-state index in [1.165, 1.54) is 51.1 Å². The minimum Gasteiger partial charge on any atom is -0.441 e. The Kier molecular flexibility index (Phi) is 4.60. The van der Waals surface area contributed by atoms with Crippen molar-refractivity contribution in [1.29, 1.82) is 0 Å². The van der Waals surface area contributed by atoms with E-state index in [1.807, 2.05) is 0 Å². The number of benzene rings is 2. The molecule has 0 saturated carbocycles. The maximum atomic E-state index is 14.7. The fourth-order valence-corrected chi connectivity index (χ4v) is 3.33. The molecule has 0 aliphatic carbocycles. The van der Waals surface area contributed by atoms with Gasteiger partial charge in [0.05, 0.1) is 24.5 Å². The van der Waals surface area contributed by atoms with E-state index in [0.717, 1.165) is 6.07 Å². The van der Waals surface area contributed by atoms with Crippen molar-refractivity contribution in [2.24, 2.45) is 0 Å². The molecule has 0 radical (unpaired) electrons. The summed E-state index contributed by atoms with van der Waals surface area (Å²) in [6.45, 7) is 0.409. The van der Waals surface area contributed by atoms with Gasteiger partial charge in [-0.1, -0.05) is 0 Å². The number of cyclic esters (lactones) is 1. The molecule has 4 rings (SSSR count). The standard InChI is InChI=1S/C19H17F2N3O4/c20-12-1-3-13(4-2-12)22-7-8-23(18(22)26)17-6-5-14(9-16(17)21)24-10-15(11-25)28-19(24)27/h1-6,9,15,25H,7-8,10-11H2/t15-/m1/s1. The van der Waals surface area contributed by atoms with Crippen LogP contribution in [0.25, 0.3) is 0 Å². The second-order valence-electron chi connectivity index (χ2n) is 6.50. The van der Waals surface area contributed by atoms with E-state index in [0.29, 0.717) is 12.2 Å². The number of anilines is 3. The molecule has 146 valence electrons. The Morgan fingerprint density at radius 2 is 1.64 bits per heavy atom. The fourth-order valence-electron chi connectivity index (χ4n) is 3.33. The summed E-state index contributed by atoms with van der Waals surface area (Å²) >= 11 is 0. The molecule has 2 aromatic rings. The molecule has 2 fully saturated rings. The highest BCUT2D eigenvalue weighted by atomic mass is 19.1. The summed E-state index contributed by atoms with van der Waals surface area (Å²) in [5.74, 6) is -1.06. The monoisotopic (exact) mass is 389 g/mol. The molecule has 0 bridgehead atoms. The zero-order valence-electron chi connectivity index (χ0n) is 14.7. The number of aliphatic hydroxyl groups is 1. The van der Waals surface area contributed by atoms with Crippen LogP contribution in [0.15, 0.2) is 42.5 Å². The molecule has 28 heavy (non-hydrogen) atoms. The van der Waals surface area contributed by atoms with E-state index < -0.39 is 29.9 Å². The lowest BCUT2D eigenvalue weighted by Gasteiger charge is -2.20.